The standard InChI is InChI=1S/C14H18N2O3S/c1-8-2-3-10-11(4-8)20-13-12(10)14(19)16(7-15-13)5-9(18)6-17/h7-9,17-18H,2-6H2,1H3/t8-,9-/m0/s1. The number of thiophene rings is 1. The lowest BCUT2D eigenvalue weighted by Gasteiger charge is -2.17. The number of aliphatic hydroxyl groups excluding tert-OH is 2. The number of fused-ring (bicyclic) bond motifs is 3. The molecule has 2 aromatic heterocycles. The van der Waals surface area contributed by atoms with Crippen LogP contribution in [0, 0.1) is 5.92 Å². The number of nitrogens with zero attached hydrogens (tertiary/aromatic N) is 2. The van der Waals surface area contributed by atoms with Crippen LogP contribution in [0.4, 0.5) is 0 Å². The lowest BCUT2D eigenvalue weighted by atomic mass is 9.89. The first-order valence-electron chi connectivity index (χ1n) is 6.88. The SMILES string of the molecule is C[C@H]1CCc2c(sc3ncn(C[C@H](O)CO)c(=O)c23)C1. The Bertz CT molecular complexity index is 692. The minimum absolute atomic E-state index is 0.0826. The van der Waals surface area contributed by atoms with Gasteiger partial charge in [-0.15, -0.1) is 11.3 Å². The Morgan fingerprint density at radius 2 is 2.40 bits per heavy atom. The lowest BCUT2D eigenvalue weighted by molar-refractivity contribution is 0.0803. The van der Waals surface area contributed by atoms with Gasteiger partial charge in [-0.25, -0.2) is 4.98 Å². The van der Waals surface area contributed by atoms with Crippen molar-refractivity contribution in [2.75, 3.05) is 6.61 Å². The summed E-state index contributed by atoms with van der Waals surface area (Å²) in [6.45, 7) is 1.96. The summed E-state index contributed by atoms with van der Waals surface area (Å²) in [5.74, 6) is 0.661. The Labute approximate surface area is 120 Å². The summed E-state index contributed by atoms with van der Waals surface area (Å²) in [6, 6.07) is 0. The highest BCUT2D eigenvalue weighted by molar-refractivity contribution is 7.18. The van der Waals surface area contributed by atoms with E-state index in [2.05, 4.69) is 11.9 Å². The molecule has 2 atom stereocenters. The maximum absolute atomic E-state index is 12.5. The summed E-state index contributed by atoms with van der Waals surface area (Å²) in [6.07, 6.45) is 3.59. The molecule has 0 radical (unpaired) electrons. The van der Waals surface area contributed by atoms with E-state index in [4.69, 9.17) is 5.11 Å². The highest BCUT2D eigenvalue weighted by Gasteiger charge is 2.23. The molecule has 20 heavy (non-hydrogen) atoms. The molecule has 0 saturated heterocycles. The summed E-state index contributed by atoms with van der Waals surface area (Å²) in [7, 11) is 0. The number of aromatic nitrogens is 2. The van der Waals surface area contributed by atoms with Crippen molar-refractivity contribution in [2.24, 2.45) is 5.92 Å². The monoisotopic (exact) mass is 294 g/mol. The van der Waals surface area contributed by atoms with Crippen LogP contribution in [0.2, 0.25) is 0 Å². The number of aliphatic hydroxyl groups is 2. The summed E-state index contributed by atoms with van der Waals surface area (Å²) < 4.78 is 1.40. The molecular weight excluding hydrogens is 276 g/mol. The Morgan fingerprint density at radius 3 is 3.15 bits per heavy atom. The zero-order valence-corrected chi connectivity index (χ0v) is 12.2. The number of hydrogen-bond acceptors (Lipinski definition) is 5. The van der Waals surface area contributed by atoms with Gasteiger partial charge in [0, 0.05) is 4.88 Å². The number of hydrogen-bond donors (Lipinski definition) is 2. The molecule has 2 aromatic rings. The van der Waals surface area contributed by atoms with Gasteiger partial charge in [0.15, 0.2) is 0 Å². The highest BCUT2D eigenvalue weighted by Crippen LogP contribution is 2.35. The zero-order valence-electron chi connectivity index (χ0n) is 11.4. The van der Waals surface area contributed by atoms with Gasteiger partial charge in [0.2, 0.25) is 0 Å². The third-order valence-electron chi connectivity index (χ3n) is 3.90. The average Bonchev–Trinajstić information content (AvgIpc) is 2.79. The summed E-state index contributed by atoms with van der Waals surface area (Å²) in [4.78, 5) is 19.0. The van der Waals surface area contributed by atoms with Crippen LogP contribution in [0.5, 0.6) is 0 Å². The Hall–Kier alpha value is -1.24. The van der Waals surface area contributed by atoms with Crippen LogP contribution in [0.1, 0.15) is 23.8 Å². The second-order valence-electron chi connectivity index (χ2n) is 5.57. The molecule has 2 N–H and O–H groups in total. The van der Waals surface area contributed by atoms with Gasteiger partial charge < -0.3 is 10.2 Å². The van der Waals surface area contributed by atoms with E-state index in [1.54, 1.807) is 11.3 Å². The van der Waals surface area contributed by atoms with Crippen molar-refractivity contribution in [1.82, 2.24) is 9.55 Å². The normalized spacial score (nSPS) is 20.1. The van der Waals surface area contributed by atoms with Gasteiger partial charge >= 0.3 is 0 Å². The first-order valence-corrected chi connectivity index (χ1v) is 7.70. The second kappa shape index (κ2) is 5.27. The molecule has 6 heteroatoms. The van der Waals surface area contributed by atoms with Crippen molar-refractivity contribution in [2.45, 2.75) is 38.8 Å². The molecule has 1 aliphatic carbocycles. The molecule has 2 heterocycles. The largest absolute Gasteiger partial charge is 0.394 e. The molecule has 0 aliphatic heterocycles. The maximum atomic E-state index is 12.5. The highest BCUT2D eigenvalue weighted by atomic mass is 32.1. The van der Waals surface area contributed by atoms with E-state index in [1.807, 2.05) is 0 Å². The quantitative estimate of drug-likeness (QED) is 0.883. The fourth-order valence-electron chi connectivity index (χ4n) is 2.78. The predicted octanol–water partition coefficient (Wildman–Crippen LogP) is 0.936. The topological polar surface area (TPSA) is 75.3 Å². The molecule has 1 aliphatic rings. The van der Waals surface area contributed by atoms with E-state index in [0.717, 1.165) is 29.7 Å². The van der Waals surface area contributed by atoms with Crippen LogP contribution < -0.4 is 5.56 Å². The maximum Gasteiger partial charge on any atom is 0.262 e. The first kappa shape index (κ1) is 13.7. The van der Waals surface area contributed by atoms with Crippen molar-refractivity contribution in [3.8, 4) is 0 Å². The molecular formula is C14H18N2O3S. The van der Waals surface area contributed by atoms with Crippen LogP contribution in [0.25, 0.3) is 10.2 Å². The van der Waals surface area contributed by atoms with E-state index >= 15 is 0 Å². The molecule has 0 saturated carbocycles. The van der Waals surface area contributed by atoms with E-state index < -0.39 is 6.10 Å². The molecule has 5 nitrogen and oxygen atoms in total. The van der Waals surface area contributed by atoms with Gasteiger partial charge in [-0.2, -0.15) is 0 Å². The molecule has 3 rings (SSSR count). The third kappa shape index (κ3) is 2.28. The van der Waals surface area contributed by atoms with Gasteiger partial charge in [-0.1, -0.05) is 6.92 Å². The Balaban J connectivity index is 2.10. The molecule has 0 aromatic carbocycles. The van der Waals surface area contributed by atoms with Crippen molar-refractivity contribution in [3.63, 3.8) is 0 Å². The van der Waals surface area contributed by atoms with Crippen LogP contribution >= 0.6 is 11.3 Å². The van der Waals surface area contributed by atoms with Gasteiger partial charge in [-0.3, -0.25) is 9.36 Å². The van der Waals surface area contributed by atoms with Gasteiger partial charge in [-0.05, 0) is 30.7 Å². The van der Waals surface area contributed by atoms with Crippen LogP contribution in [0.3, 0.4) is 0 Å². The molecule has 0 bridgehead atoms. The van der Waals surface area contributed by atoms with Crippen LogP contribution in [-0.4, -0.2) is 32.5 Å². The lowest BCUT2D eigenvalue weighted by Crippen LogP contribution is -2.29. The number of rotatable bonds is 3. The van der Waals surface area contributed by atoms with Gasteiger partial charge in [0.25, 0.3) is 5.56 Å². The summed E-state index contributed by atoms with van der Waals surface area (Å²) in [5, 5.41) is 19.1. The molecule has 0 amide bonds. The van der Waals surface area contributed by atoms with Crippen LogP contribution in [-0.2, 0) is 19.4 Å². The van der Waals surface area contributed by atoms with E-state index in [9.17, 15) is 9.90 Å². The Kier molecular flexibility index (Phi) is 3.62. The molecule has 0 unspecified atom stereocenters. The van der Waals surface area contributed by atoms with E-state index in [-0.39, 0.29) is 18.7 Å². The van der Waals surface area contributed by atoms with E-state index in [1.165, 1.54) is 15.8 Å². The van der Waals surface area contributed by atoms with Crippen molar-refractivity contribution in [1.29, 1.82) is 0 Å². The van der Waals surface area contributed by atoms with Crippen molar-refractivity contribution >= 4 is 21.6 Å². The second-order valence-corrected chi connectivity index (χ2v) is 6.65. The van der Waals surface area contributed by atoms with Gasteiger partial charge in [0.1, 0.15) is 4.83 Å². The minimum atomic E-state index is -0.929. The summed E-state index contributed by atoms with van der Waals surface area (Å²) >= 11 is 1.61. The predicted molar refractivity (Wildman–Crippen MR) is 78.2 cm³/mol. The molecule has 108 valence electrons. The smallest absolute Gasteiger partial charge is 0.262 e. The molecule has 0 fully saturated rings. The first-order chi connectivity index (χ1) is 9.60. The van der Waals surface area contributed by atoms with Crippen LogP contribution in [0.15, 0.2) is 11.1 Å². The number of aryl methyl sites for hydroxylation is 1. The van der Waals surface area contributed by atoms with Crippen molar-refractivity contribution < 1.29 is 10.2 Å². The Morgan fingerprint density at radius 1 is 1.60 bits per heavy atom. The van der Waals surface area contributed by atoms with E-state index in [0.29, 0.717) is 11.3 Å². The molecule has 0 spiro atoms. The minimum Gasteiger partial charge on any atom is -0.394 e. The fourth-order valence-corrected chi connectivity index (χ4v) is 4.12. The fraction of sp³-hybridized carbons (Fsp3) is 0.571. The zero-order chi connectivity index (χ0) is 14.3. The third-order valence-corrected chi connectivity index (χ3v) is 5.06. The summed E-state index contributed by atoms with van der Waals surface area (Å²) in [5.41, 5.74) is 1.04. The van der Waals surface area contributed by atoms with Crippen molar-refractivity contribution in [3.05, 3.63) is 27.1 Å². The average molecular weight is 294 g/mol. The van der Waals surface area contributed by atoms with Gasteiger partial charge in [0.05, 0.1) is 31.0 Å².